The lowest BCUT2D eigenvalue weighted by Gasteiger charge is -2.32. The van der Waals surface area contributed by atoms with E-state index in [1.54, 1.807) is 0 Å². The molecule has 1 atom stereocenters. The third-order valence-corrected chi connectivity index (χ3v) is 4.27. The van der Waals surface area contributed by atoms with Gasteiger partial charge in [0.25, 0.3) is 0 Å². The average molecular weight is 270 g/mol. The first-order valence-corrected chi connectivity index (χ1v) is 7.61. The Labute approximate surface area is 120 Å². The van der Waals surface area contributed by atoms with Crippen molar-refractivity contribution >= 4 is 11.5 Å². The van der Waals surface area contributed by atoms with E-state index in [2.05, 4.69) is 35.7 Å². The summed E-state index contributed by atoms with van der Waals surface area (Å²) in [6.45, 7) is 2.58. The highest BCUT2D eigenvalue weighted by Crippen LogP contribution is 2.23. The summed E-state index contributed by atoms with van der Waals surface area (Å²) in [4.78, 5) is 14.4. The number of piperidine rings is 1. The van der Waals surface area contributed by atoms with Gasteiger partial charge < -0.3 is 10.2 Å². The molecule has 1 fully saturated rings. The fourth-order valence-electron chi connectivity index (χ4n) is 3.07. The Bertz CT molecular complexity index is 489. The second-order valence-corrected chi connectivity index (χ2v) is 5.63. The van der Waals surface area contributed by atoms with Crippen LogP contribution in [0.25, 0.3) is 5.57 Å². The Morgan fingerprint density at radius 1 is 1.20 bits per heavy atom. The van der Waals surface area contributed by atoms with Gasteiger partial charge in [-0.2, -0.15) is 0 Å². The van der Waals surface area contributed by atoms with E-state index in [0.717, 1.165) is 32.5 Å². The Balaban J connectivity index is 1.62. The van der Waals surface area contributed by atoms with Gasteiger partial charge in [-0.25, -0.2) is 0 Å². The number of rotatable bonds is 2. The number of carbonyl (C=O) groups excluding carboxylic acids is 1. The van der Waals surface area contributed by atoms with Crippen LogP contribution >= 0.6 is 0 Å². The predicted octanol–water partition coefficient (Wildman–Crippen LogP) is 2.44. The van der Waals surface area contributed by atoms with E-state index in [1.807, 2.05) is 11.0 Å². The molecule has 1 amide bonds. The van der Waals surface area contributed by atoms with Gasteiger partial charge >= 0.3 is 0 Å². The minimum Gasteiger partial charge on any atom is -0.337 e. The van der Waals surface area contributed by atoms with E-state index < -0.39 is 0 Å². The minimum absolute atomic E-state index is 0.0513. The summed E-state index contributed by atoms with van der Waals surface area (Å²) in [6, 6.07) is 10.5. The second-order valence-electron chi connectivity index (χ2n) is 5.63. The standard InChI is InChI=1S/C17H22N2O/c20-17(16-8-4-5-11-18-16)19-12-9-15(10-13-19)14-6-2-1-3-7-14/h1-3,6-7,9,16,18H,4-5,8,10-13H2/t16-/m1/s1. The Morgan fingerprint density at radius 2 is 2.05 bits per heavy atom. The lowest BCUT2D eigenvalue weighted by molar-refractivity contribution is -0.133. The number of amides is 1. The molecule has 0 unspecified atom stereocenters. The molecule has 0 bridgehead atoms. The zero-order valence-corrected chi connectivity index (χ0v) is 11.8. The van der Waals surface area contributed by atoms with Gasteiger partial charge in [0, 0.05) is 13.1 Å². The Hall–Kier alpha value is -1.61. The first kappa shape index (κ1) is 13.4. The van der Waals surface area contributed by atoms with Crippen molar-refractivity contribution in [2.24, 2.45) is 0 Å². The Morgan fingerprint density at radius 3 is 2.70 bits per heavy atom. The van der Waals surface area contributed by atoms with Gasteiger partial charge in [0.05, 0.1) is 6.04 Å². The highest BCUT2D eigenvalue weighted by Gasteiger charge is 2.26. The molecule has 106 valence electrons. The largest absolute Gasteiger partial charge is 0.337 e. The molecule has 2 heterocycles. The van der Waals surface area contributed by atoms with Crippen LogP contribution < -0.4 is 5.32 Å². The topological polar surface area (TPSA) is 32.3 Å². The number of carbonyl (C=O) groups is 1. The predicted molar refractivity (Wildman–Crippen MR) is 81.3 cm³/mol. The van der Waals surface area contributed by atoms with E-state index in [4.69, 9.17) is 0 Å². The van der Waals surface area contributed by atoms with Crippen molar-refractivity contribution in [1.29, 1.82) is 0 Å². The zero-order chi connectivity index (χ0) is 13.8. The average Bonchev–Trinajstić information content (AvgIpc) is 2.56. The molecular formula is C17H22N2O. The monoisotopic (exact) mass is 270 g/mol. The van der Waals surface area contributed by atoms with Crippen molar-refractivity contribution < 1.29 is 4.79 Å². The van der Waals surface area contributed by atoms with Gasteiger partial charge in [-0.3, -0.25) is 4.79 Å². The molecule has 1 aromatic carbocycles. The SMILES string of the molecule is O=C([C@H]1CCCCN1)N1CC=C(c2ccccc2)CC1. The number of nitrogens with one attached hydrogen (secondary N) is 1. The van der Waals surface area contributed by atoms with Crippen LogP contribution in [0, 0.1) is 0 Å². The molecule has 3 heteroatoms. The van der Waals surface area contributed by atoms with Gasteiger partial charge in [0.1, 0.15) is 0 Å². The third kappa shape index (κ3) is 2.93. The lowest BCUT2D eigenvalue weighted by atomic mass is 9.98. The van der Waals surface area contributed by atoms with E-state index in [-0.39, 0.29) is 11.9 Å². The molecule has 0 spiro atoms. The summed E-state index contributed by atoms with van der Waals surface area (Å²) in [7, 11) is 0. The maximum atomic E-state index is 12.4. The molecule has 3 rings (SSSR count). The molecule has 0 aromatic heterocycles. The van der Waals surface area contributed by atoms with Crippen molar-refractivity contribution in [3.05, 3.63) is 42.0 Å². The first-order chi connectivity index (χ1) is 9.84. The molecule has 20 heavy (non-hydrogen) atoms. The van der Waals surface area contributed by atoms with Crippen molar-refractivity contribution in [3.63, 3.8) is 0 Å². The Kier molecular flexibility index (Phi) is 4.16. The lowest BCUT2D eigenvalue weighted by Crippen LogP contribution is -2.49. The number of nitrogens with zero attached hydrogens (tertiary/aromatic N) is 1. The van der Waals surface area contributed by atoms with Gasteiger partial charge in [-0.1, -0.05) is 42.8 Å². The smallest absolute Gasteiger partial charge is 0.239 e. The van der Waals surface area contributed by atoms with Crippen LogP contribution in [0.5, 0.6) is 0 Å². The molecule has 1 N–H and O–H groups in total. The van der Waals surface area contributed by atoms with Crippen LogP contribution in [0.3, 0.4) is 0 Å². The molecule has 2 aliphatic heterocycles. The molecule has 1 aromatic rings. The summed E-state index contributed by atoms with van der Waals surface area (Å²) in [5.41, 5.74) is 2.65. The number of hydrogen-bond donors (Lipinski definition) is 1. The summed E-state index contributed by atoms with van der Waals surface area (Å²) < 4.78 is 0. The molecule has 0 radical (unpaired) electrons. The van der Waals surface area contributed by atoms with Crippen molar-refractivity contribution in [2.75, 3.05) is 19.6 Å². The number of benzene rings is 1. The van der Waals surface area contributed by atoms with Crippen LogP contribution in [0.4, 0.5) is 0 Å². The molecule has 2 aliphatic rings. The summed E-state index contributed by atoms with van der Waals surface area (Å²) >= 11 is 0. The van der Waals surface area contributed by atoms with Gasteiger partial charge in [0.2, 0.25) is 5.91 Å². The molecule has 3 nitrogen and oxygen atoms in total. The second kappa shape index (κ2) is 6.23. The molecular weight excluding hydrogens is 248 g/mol. The van der Waals surface area contributed by atoms with Gasteiger partial charge in [0.15, 0.2) is 0 Å². The van der Waals surface area contributed by atoms with Crippen LogP contribution in [-0.2, 0) is 4.79 Å². The van der Waals surface area contributed by atoms with Crippen LogP contribution in [0.1, 0.15) is 31.2 Å². The highest BCUT2D eigenvalue weighted by atomic mass is 16.2. The maximum Gasteiger partial charge on any atom is 0.239 e. The molecule has 1 saturated heterocycles. The van der Waals surface area contributed by atoms with Crippen molar-refractivity contribution in [1.82, 2.24) is 10.2 Å². The van der Waals surface area contributed by atoms with E-state index >= 15 is 0 Å². The number of hydrogen-bond acceptors (Lipinski definition) is 2. The van der Waals surface area contributed by atoms with E-state index in [1.165, 1.54) is 24.0 Å². The van der Waals surface area contributed by atoms with Crippen molar-refractivity contribution in [2.45, 2.75) is 31.7 Å². The summed E-state index contributed by atoms with van der Waals surface area (Å²) in [5, 5.41) is 3.35. The van der Waals surface area contributed by atoms with Crippen LogP contribution in [0.15, 0.2) is 36.4 Å². The summed E-state index contributed by atoms with van der Waals surface area (Å²) in [6.07, 6.45) is 6.52. The quantitative estimate of drug-likeness (QED) is 0.895. The fraction of sp³-hybridized carbons (Fsp3) is 0.471. The van der Waals surface area contributed by atoms with Crippen LogP contribution in [-0.4, -0.2) is 36.5 Å². The van der Waals surface area contributed by atoms with Crippen LogP contribution in [0.2, 0.25) is 0 Å². The highest BCUT2D eigenvalue weighted by molar-refractivity contribution is 5.83. The first-order valence-electron chi connectivity index (χ1n) is 7.61. The van der Waals surface area contributed by atoms with E-state index in [9.17, 15) is 4.79 Å². The molecule has 0 aliphatic carbocycles. The van der Waals surface area contributed by atoms with Gasteiger partial charge in [-0.15, -0.1) is 0 Å². The maximum absolute atomic E-state index is 12.4. The summed E-state index contributed by atoms with van der Waals surface area (Å²) in [5.74, 6) is 0.285. The molecule has 0 saturated carbocycles. The van der Waals surface area contributed by atoms with Crippen molar-refractivity contribution in [3.8, 4) is 0 Å². The van der Waals surface area contributed by atoms with E-state index in [0.29, 0.717) is 0 Å². The normalized spacial score (nSPS) is 23.3. The third-order valence-electron chi connectivity index (χ3n) is 4.27. The zero-order valence-electron chi connectivity index (χ0n) is 11.8. The van der Waals surface area contributed by atoms with Gasteiger partial charge in [-0.05, 0) is 36.9 Å². The fourth-order valence-corrected chi connectivity index (χ4v) is 3.07. The minimum atomic E-state index is 0.0513.